The molecular weight excluding hydrogens is 496 g/mol. The Morgan fingerprint density at radius 1 is 0.861 bits per heavy atom. The van der Waals surface area contributed by atoms with E-state index in [0.717, 1.165) is 31.4 Å². The van der Waals surface area contributed by atoms with Gasteiger partial charge in [0.05, 0.1) is 18.2 Å². The number of alkyl halides is 6. The number of ether oxygens (including phenoxy) is 3. The molecule has 0 fully saturated rings. The van der Waals surface area contributed by atoms with E-state index in [4.69, 9.17) is 15.2 Å². The molecule has 0 atom stereocenters. The van der Waals surface area contributed by atoms with Crippen molar-refractivity contribution in [3.63, 3.8) is 0 Å². The Bertz CT molecular complexity index is 1290. The number of Topliss-reactive ketones (excluding diaryl/α,β-unsaturated/α-hetero) is 1. The van der Waals surface area contributed by atoms with Gasteiger partial charge in [-0.15, -0.1) is 13.2 Å². The molecular formula is C24H17F6NO5. The third-order valence-electron chi connectivity index (χ3n) is 4.77. The zero-order chi connectivity index (χ0) is 26.7. The second-order valence-corrected chi connectivity index (χ2v) is 7.34. The van der Waals surface area contributed by atoms with E-state index < -0.39 is 41.3 Å². The Hall–Kier alpha value is -4.22. The van der Waals surface area contributed by atoms with Crippen LogP contribution in [0.1, 0.15) is 31.8 Å². The number of ketones is 1. The van der Waals surface area contributed by atoms with Crippen molar-refractivity contribution >= 4 is 11.7 Å². The molecule has 0 heterocycles. The highest BCUT2D eigenvalue weighted by atomic mass is 19.4. The SMILES string of the molecule is COc1cc(OC(F)(F)F)ccc1Oc1cc(C(F)(F)F)ccc1C(=O)Cc1cccc(C(N)=O)c1. The van der Waals surface area contributed by atoms with Gasteiger partial charge in [-0.2, -0.15) is 13.2 Å². The maximum atomic E-state index is 13.3. The Balaban J connectivity index is 1.99. The molecule has 1 amide bonds. The highest BCUT2D eigenvalue weighted by molar-refractivity contribution is 6.00. The van der Waals surface area contributed by atoms with Gasteiger partial charge in [0.15, 0.2) is 17.3 Å². The number of carbonyl (C=O) groups excluding carboxylic acids is 2. The predicted molar refractivity (Wildman–Crippen MR) is 114 cm³/mol. The van der Waals surface area contributed by atoms with Gasteiger partial charge in [-0.3, -0.25) is 9.59 Å². The summed E-state index contributed by atoms with van der Waals surface area (Å²) in [5.41, 5.74) is 4.36. The van der Waals surface area contributed by atoms with Crippen LogP contribution in [0.25, 0.3) is 0 Å². The first kappa shape index (κ1) is 26.4. The summed E-state index contributed by atoms with van der Waals surface area (Å²) in [6, 6.07) is 10.7. The van der Waals surface area contributed by atoms with Crippen molar-refractivity contribution in [2.45, 2.75) is 19.0 Å². The van der Waals surface area contributed by atoms with Crippen molar-refractivity contribution in [1.29, 1.82) is 0 Å². The second-order valence-electron chi connectivity index (χ2n) is 7.34. The zero-order valence-corrected chi connectivity index (χ0v) is 18.4. The first-order chi connectivity index (χ1) is 16.8. The summed E-state index contributed by atoms with van der Waals surface area (Å²) in [5, 5.41) is 0. The number of amides is 1. The number of carbonyl (C=O) groups is 2. The summed E-state index contributed by atoms with van der Waals surface area (Å²) in [4.78, 5) is 24.4. The summed E-state index contributed by atoms with van der Waals surface area (Å²) in [6.07, 6.45) is -10.1. The fraction of sp³-hybridized carbons (Fsp3) is 0.167. The van der Waals surface area contributed by atoms with Gasteiger partial charge in [0.25, 0.3) is 0 Å². The second kappa shape index (κ2) is 10.2. The number of primary amides is 1. The van der Waals surface area contributed by atoms with Crippen molar-refractivity contribution in [3.05, 3.63) is 82.9 Å². The molecule has 190 valence electrons. The highest BCUT2D eigenvalue weighted by Crippen LogP contribution is 2.40. The van der Waals surface area contributed by atoms with Gasteiger partial charge in [0.1, 0.15) is 11.5 Å². The lowest BCUT2D eigenvalue weighted by molar-refractivity contribution is -0.274. The number of halogens is 6. The quantitative estimate of drug-likeness (QED) is 0.298. The molecule has 0 aromatic heterocycles. The third-order valence-corrected chi connectivity index (χ3v) is 4.77. The fourth-order valence-corrected chi connectivity index (χ4v) is 3.18. The van der Waals surface area contributed by atoms with Crippen LogP contribution in [0.2, 0.25) is 0 Å². The maximum absolute atomic E-state index is 13.3. The van der Waals surface area contributed by atoms with Crippen LogP contribution in [0, 0.1) is 0 Å². The maximum Gasteiger partial charge on any atom is 0.573 e. The van der Waals surface area contributed by atoms with Crippen LogP contribution in [-0.4, -0.2) is 25.2 Å². The Labute approximate surface area is 200 Å². The summed E-state index contributed by atoms with van der Waals surface area (Å²) in [7, 11) is 1.10. The van der Waals surface area contributed by atoms with E-state index in [-0.39, 0.29) is 29.0 Å². The van der Waals surface area contributed by atoms with Crippen LogP contribution >= 0.6 is 0 Å². The molecule has 3 rings (SSSR count). The standard InChI is InChI=1S/C24H17F6NO5/c1-34-21-12-16(36-24(28,29)30)6-8-19(21)35-20-11-15(23(25,26)27)5-7-17(20)18(32)10-13-3-2-4-14(9-13)22(31)33/h2-9,11-12H,10H2,1H3,(H2,31,33). The van der Waals surface area contributed by atoms with Gasteiger partial charge in [-0.1, -0.05) is 12.1 Å². The van der Waals surface area contributed by atoms with Gasteiger partial charge in [-0.05, 0) is 48.0 Å². The minimum Gasteiger partial charge on any atom is -0.493 e. The number of rotatable bonds is 8. The van der Waals surface area contributed by atoms with Crippen LogP contribution in [0.3, 0.4) is 0 Å². The number of nitrogens with two attached hydrogens (primary N) is 1. The van der Waals surface area contributed by atoms with Gasteiger partial charge in [0.2, 0.25) is 5.91 Å². The molecule has 36 heavy (non-hydrogen) atoms. The molecule has 0 aliphatic heterocycles. The van der Waals surface area contributed by atoms with E-state index in [0.29, 0.717) is 17.7 Å². The zero-order valence-electron chi connectivity index (χ0n) is 18.4. The van der Waals surface area contributed by atoms with Crippen LogP contribution in [0.4, 0.5) is 26.3 Å². The molecule has 12 heteroatoms. The topological polar surface area (TPSA) is 87.8 Å². The Morgan fingerprint density at radius 3 is 2.19 bits per heavy atom. The smallest absolute Gasteiger partial charge is 0.493 e. The number of hydrogen-bond donors (Lipinski definition) is 1. The Kier molecular flexibility index (Phi) is 7.46. The molecule has 0 radical (unpaired) electrons. The molecule has 0 aliphatic carbocycles. The number of methoxy groups -OCH3 is 1. The molecule has 0 saturated carbocycles. The predicted octanol–water partition coefficient (Wildman–Crippen LogP) is 5.93. The minimum atomic E-state index is -4.99. The molecule has 0 spiro atoms. The van der Waals surface area contributed by atoms with Crippen LogP contribution in [-0.2, 0) is 12.6 Å². The van der Waals surface area contributed by atoms with E-state index >= 15 is 0 Å². The summed E-state index contributed by atoms with van der Waals surface area (Å²) in [5.74, 6) is -3.10. The fourth-order valence-electron chi connectivity index (χ4n) is 3.18. The van der Waals surface area contributed by atoms with Gasteiger partial charge in [-0.25, -0.2) is 0 Å². The van der Waals surface area contributed by atoms with Gasteiger partial charge >= 0.3 is 12.5 Å². The van der Waals surface area contributed by atoms with Crippen LogP contribution in [0.15, 0.2) is 60.7 Å². The summed E-state index contributed by atoms with van der Waals surface area (Å²) in [6.45, 7) is 0. The monoisotopic (exact) mass is 513 g/mol. The van der Waals surface area contributed by atoms with E-state index in [1.165, 1.54) is 24.3 Å². The molecule has 0 saturated heterocycles. The number of benzene rings is 3. The average Bonchev–Trinajstić information content (AvgIpc) is 2.78. The van der Waals surface area contributed by atoms with Crippen molar-refractivity contribution in [2.75, 3.05) is 7.11 Å². The lowest BCUT2D eigenvalue weighted by atomic mass is 9.99. The van der Waals surface area contributed by atoms with E-state index in [9.17, 15) is 35.9 Å². The molecule has 3 aromatic rings. The minimum absolute atomic E-state index is 0.134. The molecule has 3 aromatic carbocycles. The normalized spacial score (nSPS) is 11.6. The third kappa shape index (κ3) is 6.68. The van der Waals surface area contributed by atoms with Crippen molar-refractivity contribution in [2.24, 2.45) is 5.73 Å². The first-order valence-electron chi connectivity index (χ1n) is 10.0. The average molecular weight is 513 g/mol. The lowest BCUT2D eigenvalue weighted by Gasteiger charge is -2.17. The van der Waals surface area contributed by atoms with Crippen molar-refractivity contribution in [1.82, 2.24) is 0 Å². The molecule has 0 bridgehead atoms. The van der Waals surface area contributed by atoms with Gasteiger partial charge in [0, 0.05) is 18.1 Å². The molecule has 0 unspecified atom stereocenters. The van der Waals surface area contributed by atoms with Crippen LogP contribution in [0.5, 0.6) is 23.0 Å². The van der Waals surface area contributed by atoms with Crippen molar-refractivity contribution < 1.29 is 50.1 Å². The first-order valence-corrected chi connectivity index (χ1v) is 10.0. The van der Waals surface area contributed by atoms with Gasteiger partial charge < -0.3 is 19.9 Å². The van der Waals surface area contributed by atoms with E-state index in [1.807, 2.05) is 0 Å². The van der Waals surface area contributed by atoms with Crippen molar-refractivity contribution in [3.8, 4) is 23.0 Å². The molecule has 2 N–H and O–H groups in total. The van der Waals surface area contributed by atoms with Crippen LogP contribution < -0.4 is 19.9 Å². The Morgan fingerprint density at radius 2 is 1.58 bits per heavy atom. The van der Waals surface area contributed by atoms with E-state index in [2.05, 4.69) is 4.74 Å². The lowest BCUT2D eigenvalue weighted by Crippen LogP contribution is -2.17. The largest absolute Gasteiger partial charge is 0.573 e. The molecule has 6 nitrogen and oxygen atoms in total. The summed E-state index contributed by atoms with van der Waals surface area (Å²) < 4.78 is 91.8. The van der Waals surface area contributed by atoms with E-state index in [1.54, 1.807) is 0 Å². The highest BCUT2D eigenvalue weighted by Gasteiger charge is 2.33. The molecule has 0 aliphatic rings. The summed E-state index contributed by atoms with van der Waals surface area (Å²) >= 11 is 0. The number of hydrogen-bond acceptors (Lipinski definition) is 5.